The van der Waals surface area contributed by atoms with E-state index in [1.165, 1.54) is 24.1 Å². The molecule has 3 nitrogen and oxygen atoms in total. The smallest absolute Gasteiger partial charge is 0.102 e. The molecular weight excluding hydrogens is 198 g/mol. The molecule has 86 valence electrons. The van der Waals surface area contributed by atoms with Crippen molar-refractivity contribution in [2.45, 2.75) is 52.7 Å². The molecule has 0 atom stereocenters. The highest BCUT2D eigenvalue weighted by molar-refractivity contribution is 5.25. The summed E-state index contributed by atoms with van der Waals surface area (Å²) >= 11 is 0. The highest BCUT2D eigenvalue weighted by Gasteiger charge is 2.21. The largest absolute Gasteiger partial charge is 0.310 e. The van der Waals surface area contributed by atoms with Crippen molar-refractivity contribution in [1.82, 2.24) is 15.1 Å². The first-order valence-electron chi connectivity index (χ1n) is 5.88. The molecule has 1 aliphatic rings. The van der Waals surface area contributed by atoms with E-state index in [9.17, 15) is 0 Å². The van der Waals surface area contributed by atoms with Crippen LogP contribution in [0.15, 0.2) is 0 Å². The molecule has 1 aromatic rings. The molecule has 0 amide bonds. The van der Waals surface area contributed by atoms with Crippen molar-refractivity contribution in [1.29, 1.82) is 0 Å². The molecule has 1 saturated carbocycles. The Kier molecular flexibility index (Phi) is 3.31. The Labute approximate surface area is 97.2 Å². The van der Waals surface area contributed by atoms with Gasteiger partial charge in [0.2, 0.25) is 0 Å². The second-order valence-electron chi connectivity index (χ2n) is 4.39. The van der Waals surface area contributed by atoms with Crippen LogP contribution in [0.3, 0.4) is 0 Å². The average Bonchev–Trinajstić information content (AvgIpc) is 3.03. The maximum Gasteiger partial charge on any atom is 0.102 e. The van der Waals surface area contributed by atoms with Gasteiger partial charge in [-0.1, -0.05) is 5.92 Å². The zero-order valence-corrected chi connectivity index (χ0v) is 10.3. The minimum atomic E-state index is 0.701. The summed E-state index contributed by atoms with van der Waals surface area (Å²) in [6.45, 7) is 7.71. The number of nitrogens with zero attached hydrogens (tertiary/aromatic N) is 2. The van der Waals surface area contributed by atoms with E-state index in [0.717, 1.165) is 18.3 Å². The monoisotopic (exact) mass is 217 g/mol. The van der Waals surface area contributed by atoms with Gasteiger partial charge in [0.25, 0.3) is 0 Å². The van der Waals surface area contributed by atoms with Crippen molar-refractivity contribution in [3.8, 4) is 11.8 Å². The summed E-state index contributed by atoms with van der Waals surface area (Å²) in [4.78, 5) is 0. The minimum Gasteiger partial charge on any atom is -0.310 e. The van der Waals surface area contributed by atoms with Crippen LogP contribution in [0, 0.1) is 25.7 Å². The molecule has 0 unspecified atom stereocenters. The fourth-order valence-electron chi connectivity index (χ4n) is 1.83. The fraction of sp³-hybridized carbons (Fsp3) is 0.615. The highest BCUT2D eigenvalue weighted by Crippen LogP contribution is 2.20. The second kappa shape index (κ2) is 4.71. The molecule has 0 radical (unpaired) electrons. The molecule has 0 aliphatic heterocycles. The Bertz CT molecular complexity index is 430. The van der Waals surface area contributed by atoms with E-state index in [0.29, 0.717) is 6.54 Å². The SMILES string of the molecule is CC#CCn1nc(C)c(CNC2CC2)c1C. The minimum absolute atomic E-state index is 0.701. The first-order chi connectivity index (χ1) is 7.72. The maximum atomic E-state index is 4.52. The van der Waals surface area contributed by atoms with E-state index in [1.54, 1.807) is 0 Å². The lowest BCUT2D eigenvalue weighted by Crippen LogP contribution is -2.16. The van der Waals surface area contributed by atoms with Crippen molar-refractivity contribution >= 4 is 0 Å². The van der Waals surface area contributed by atoms with Gasteiger partial charge in [0.1, 0.15) is 6.54 Å². The van der Waals surface area contributed by atoms with Crippen LogP contribution in [-0.2, 0) is 13.1 Å². The predicted molar refractivity (Wildman–Crippen MR) is 65.0 cm³/mol. The number of hydrogen-bond donors (Lipinski definition) is 1. The van der Waals surface area contributed by atoms with Gasteiger partial charge >= 0.3 is 0 Å². The normalized spacial score (nSPS) is 14.7. The van der Waals surface area contributed by atoms with E-state index in [1.807, 2.05) is 11.6 Å². The van der Waals surface area contributed by atoms with Crippen molar-refractivity contribution in [3.05, 3.63) is 17.0 Å². The molecule has 16 heavy (non-hydrogen) atoms. The summed E-state index contributed by atoms with van der Waals surface area (Å²) in [5.41, 5.74) is 3.71. The van der Waals surface area contributed by atoms with Crippen molar-refractivity contribution in [2.75, 3.05) is 0 Å². The molecule has 0 spiro atoms. The van der Waals surface area contributed by atoms with Crippen molar-refractivity contribution < 1.29 is 0 Å². The van der Waals surface area contributed by atoms with Gasteiger partial charge in [-0.3, -0.25) is 4.68 Å². The predicted octanol–water partition coefficient (Wildman–Crippen LogP) is 1.78. The van der Waals surface area contributed by atoms with Crippen LogP contribution in [0.5, 0.6) is 0 Å². The van der Waals surface area contributed by atoms with Gasteiger partial charge in [-0.25, -0.2) is 0 Å². The third kappa shape index (κ3) is 2.45. The van der Waals surface area contributed by atoms with Crippen LogP contribution in [0.2, 0.25) is 0 Å². The average molecular weight is 217 g/mol. The molecular formula is C13H19N3. The first-order valence-corrected chi connectivity index (χ1v) is 5.88. The van der Waals surface area contributed by atoms with E-state index in [4.69, 9.17) is 0 Å². The van der Waals surface area contributed by atoms with E-state index in [-0.39, 0.29) is 0 Å². The van der Waals surface area contributed by atoms with Gasteiger partial charge in [0.05, 0.1) is 5.69 Å². The molecule has 0 saturated heterocycles. The number of hydrogen-bond acceptors (Lipinski definition) is 2. The Balaban J connectivity index is 2.08. The summed E-state index contributed by atoms with van der Waals surface area (Å²) in [6, 6.07) is 0.748. The van der Waals surface area contributed by atoms with Crippen LogP contribution in [0.1, 0.15) is 36.7 Å². The lowest BCUT2D eigenvalue weighted by Gasteiger charge is -2.03. The number of aryl methyl sites for hydroxylation is 1. The summed E-state index contributed by atoms with van der Waals surface area (Å²) in [5, 5.41) is 8.05. The molecule has 1 aromatic heterocycles. The maximum absolute atomic E-state index is 4.52. The zero-order chi connectivity index (χ0) is 11.5. The van der Waals surface area contributed by atoms with E-state index >= 15 is 0 Å². The quantitative estimate of drug-likeness (QED) is 0.779. The lowest BCUT2D eigenvalue weighted by atomic mass is 10.2. The Morgan fingerprint density at radius 1 is 1.44 bits per heavy atom. The van der Waals surface area contributed by atoms with Crippen LogP contribution in [0.4, 0.5) is 0 Å². The van der Waals surface area contributed by atoms with Crippen molar-refractivity contribution in [3.63, 3.8) is 0 Å². The van der Waals surface area contributed by atoms with Gasteiger partial charge in [-0.05, 0) is 33.6 Å². The summed E-state index contributed by atoms with van der Waals surface area (Å²) < 4.78 is 2.00. The van der Waals surface area contributed by atoms with Gasteiger partial charge in [-0.15, -0.1) is 5.92 Å². The van der Waals surface area contributed by atoms with Crippen LogP contribution in [0.25, 0.3) is 0 Å². The van der Waals surface area contributed by atoms with Crippen LogP contribution >= 0.6 is 0 Å². The number of nitrogens with one attached hydrogen (secondary N) is 1. The van der Waals surface area contributed by atoms with Gasteiger partial charge < -0.3 is 5.32 Å². The van der Waals surface area contributed by atoms with E-state index < -0.39 is 0 Å². The molecule has 1 N–H and O–H groups in total. The zero-order valence-electron chi connectivity index (χ0n) is 10.3. The summed E-state index contributed by atoms with van der Waals surface area (Å²) in [6.07, 6.45) is 2.65. The second-order valence-corrected chi connectivity index (χ2v) is 4.39. The van der Waals surface area contributed by atoms with Gasteiger partial charge in [-0.2, -0.15) is 5.10 Å². The molecule has 3 heteroatoms. The Morgan fingerprint density at radius 3 is 2.81 bits per heavy atom. The highest BCUT2D eigenvalue weighted by atomic mass is 15.3. The van der Waals surface area contributed by atoms with Crippen LogP contribution < -0.4 is 5.32 Å². The Hall–Kier alpha value is -1.27. The molecule has 1 heterocycles. The molecule has 0 aromatic carbocycles. The van der Waals surface area contributed by atoms with Crippen molar-refractivity contribution in [2.24, 2.45) is 0 Å². The molecule has 2 rings (SSSR count). The Morgan fingerprint density at radius 2 is 2.19 bits per heavy atom. The number of aromatic nitrogens is 2. The topological polar surface area (TPSA) is 29.9 Å². The third-order valence-corrected chi connectivity index (χ3v) is 3.08. The third-order valence-electron chi connectivity index (χ3n) is 3.08. The standard InChI is InChI=1S/C13H19N3/c1-4-5-8-16-11(3)13(10(2)15-16)9-14-12-6-7-12/h12,14H,6-9H2,1-3H3. The van der Waals surface area contributed by atoms with E-state index in [2.05, 4.69) is 36.1 Å². The van der Waals surface area contributed by atoms with Gasteiger partial charge in [0.15, 0.2) is 0 Å². The summed E-state index contributed by atoms with van der Waals surface area (Å²) in [5.74, 6) is 5.96. The molecule has 1 aliphatic carbocycles. The lowest BCUT2D eigenvalue weighted by molar-refractivity contribution is 0.669. The summed E-state index contributed by atoms with van der Waals surface area (Å²) in [7, 11) is 0. The van der Waals surface area contributed by atoms with Crippen LogP contribution in [-0.4, -0.2) is 15.8 Å². The van der Waals surface area contributed by atoms with Gasteiger partial charge in [0, 0.05) is 23.8 Å². The molecule has 0 bridgehead atoms. The number of rotatable bonds is 4. The first kappa shape index (κ1) is 11.2. The molecule has 1 fully saturated rings. The fourth-order valence-corrected chi connectivity index (χ4v) is 1.83.